The topological polar surface area (TPSA) is 65.9 Å². The van der Waals surface area contributed by atoms with Crippen molar-refractivity contribution in [3.8, 4) is 11.5 Å². The van der Waals surface area contributed by atoms with Crippen LogP contribution in [-0.4, -0.2) is 41.8 Å². The zero-order valence-corrected chi connectivity index (χ0v) is 15.7. The van der Waals surface area contributed by atoms with Gasteiger partial charge in [-0.05, 0) is 49.6 Å². The van der Waals surface area contributed by atoms with Gasteiger partial charge in [0.25, 0.3) is 0 Å². The van der Waals surface area contributed by atoms with Crippen LogP contribution in [0.2, 0.25) is 0 Å². The molecule has 5 nitrogen and oxygen atoms in total. The number of benzene rings is 1. The molecule has 0 amide bonds. The summed E-state index contributed by atoms with van der Waals surface area (Å²) in [6, 6.07) is 5.89. The number of aliphatic imine (C=N–C) groups is 1. The minimum absolute atomic E-state index is 0.151. The van der Waals surface area contributed by atoms with E-state index in [0.29, 0.717) is 18.3 Å². The summed E-state index contributed by atoms with van der Waals surface area (Å²) in [7, 11) is 1.55. The molecule has 1 saturated carbocycles. The highest BCUT2D eigenvalue weighted by atomic mass is 32.2. The molecule has 0 heterocycles. The Kier molecular flexibility index (Phi) is 7.56. The van der Waals surface area contributed by atoms with Crippen molar-refractivity contribution in [3.63, 3.8) is 0 Å². The number of guanidine groups is 1. The number of methoxy groups -OCH3 is 1. The number of hydrogen-bond acceptors (Lipinski definition) is 4. The Labute approximate surface area is 149 Å². The number of aromatic hydroxyl groups is 1. The van der Waals surface area contributed by atoms with Crippen LogP contribution < -0.4 is 15.4 Å². The molecule has 6 heteroatoms. The van der Waals surface area contributed by atoms with E-state index < -0.39 is 0 Å². The zero-order chi connectivity index (χ0) is 17.4. The summed E-state index contributed by atoms with van der Waals surface area (Å²) in [4.78, 5) is 4.65. The molecule has 24 heavy (non-hydrogen) atoms. The minimum atomic E-state index is 0.151. The molecule has 1 aliphatic carbocycles. The molecule has 1 fully saturated rings. The van der Waals surface area contributed by atoms with Gasteiger partial charge in [0.15, 0.2) is 17.5 Å². The van der Waals surface area contributed by atoms with Crippen molar-refractivity contribution >= 4 is 17.7 Å². The molecule has 0 aromatic heterocycles. The van der Waals surface area contributed by atoms with E-state index in [1.54, 1.807) is 19.2 Å². The smallest absolute Gasteiger partial charge is 0.191 e. The van der Waals surface area contributed by atoms with Crippen molar-refractivity contribution in [1.82, 2.24) is 10.6 Å². The SMILES string of the molecule is CCNC(=NCc1ccc(OC)c(O)c1)NC1CCC(SCC)C1. The number of phenols is 1. The van der Waals surface area contributed by atoms with Crippen LogP contribution in [0.4, 0.5) is 0 Å². The van der Waals surface area contributed by atoms with Gasteiger partial charge in [-0.2, -0.15) is 11.8 Å². The molecule has 2 rings (SSSR count). The first-order chi connectivity index (χ1) is 11.7. The van der Waals surface area contributed by atoms with Crippen LogP contribution in [-0.2, 0) is 6.54 Å². The maximum absolute atomic E-state index is 9.86. The first kappa shape index (κ1) is 18.8. The van der Waals surface area contributed by atoms with Crippen LogP contribution in [0, 0.1) is 0 Å². The van der Waals surface area contributed by atoms with E-state index in [-0.39, 0.29) is 5.75 Å². The number of thioether (sulfide) groups is 1. The maximum atomic E-state index is 9.86. The highest BCUT2D eigenvalue weighted by Gasteiger charge is 2.25. The fourth-order valence-electron chi connectivity index (χ4n) is 2.98. The lowest BCUT2D eigenvalue weighted by molar-refractivity contribution is 0.373. The quantitative estimate of drug-likeness (QED) is 0.520. The average Bonchev–Trinajstić information content (AvgIpc) is 3.00. The zero-order valence-electron chi connectivity index (χ0n) is 14.8. The molecule has 1 aromatic carbocycles. The predicted molar refractivity (Wildman–Crippen MR) is 102 cm³/mol. The Balaban J connectivity index is 1.94. The number of hydrogen-bond donors (Lipinski definition) is 3. The van der Waals surface area contributed by atoms with Gasteiger partial charge >= 0.3 is 0 Å². The lowest BCUT2D eigenvalue weighted by atomic mass is 10.2. The third-order valence-corrected chi connectivity index (χ3v) is 5.37. The van der Waals surface area contributed by atoms with Gasteiger partial charge in [-0.15, -0.1) is 0 Å². The van der Waals surface area contributed by atoms with E-state index in [1.807, 2.05) is 6.07 Å². The molecular formula is C18H29N3O2S. The maximum Gasteiger partial charge on any atom is 0.191 e. The highest BCUT2D eigenvalue weighted by Crippen LogP contribution is 2.29. The summed E-state index contributed by atoms with van der Waals surface area (Å²) >= 11 is 2.06. The summed E-state index contributed by atoms with van der Waals surface area (Å²) < 4.78 is 5.07. The molecule has 2 unspecified atom stereocenters. The van der Waals surface area contributed by atoms with Gasteiger partial charge in [0.1, 0.15) is 0 Å². The Morgan fingerprint density at radius 3 is 2.88 bits per heavy atom. The number of ether oxygens (including phenoxy) is 1. The Morgan fingerprint density at radius 2 is 2.21 bits per heavy atom. The Hall–Kier alpha value is -1.56. The fourth-order valence-corrected chi connectivity index (χ4v) is 4.12. The van der Waals surface area contributed by atoms with Gasteiger partial charge < -0.3 is 20.5 Å². The lowest BCUT2D eigenvalue weighted by Gasteiger charge is -2.17. The number of phenolic OH excluding ortho intramolecular Hbond substituents is 1. The third kappa shape index (κ3) is 5.51. The van der Waals surface area contributed by atoms with Crippen molar-refractivity contribution in [2.45, 2.75) is 50.9 Å². The molecule has 0 aliphatic heterocycles. The van der Waals surface area contributed by atoms with Gasteiger partial charge in [-0.25, -0.2) is 4.99 Å². The molecule has 1 aromatic rings. The summed E-state index contributed by atoms with van der Waals surface area (Å²) in [5, 5.41) is 17.5. The first-order valence-electron chi connectivity index (χ1n) is 8.68. The normalized spacial score (nSPS) is 20.9. The van der Waals surface area contributed by atoms with Gasteiger partial charge in [0.2, 0.25) is 0 Å². The lowest BCUT2D eigenvalue weighted by Crippen LogP contribution is -2.42. The third-order valence-electron chi connectivity index (χ3n) is 4.13. The molecule has 3 N–H and O–H groups in total. The van der Waals surface area contributed by atoms with Crippen molar-refractivity contribution in [1.29, 1.82) is 0 Å². The van der Waals surface area contributed by atoms with E-state index in [0.717, 1.165) is 23.3 Å². The second-order valence-electron chi connectivity index (χ2n) is 5.93. The van der Waals surface area contributed by atoms with Crippen LogP contribution in [0.1, 0.15) is 38.7 Å². The number of nitrogens with zero attached hydrogens (tertiary/aromatic N) is 1. The molecular weight excluding hydrogens is 322 g/mol. The highest BCUT2D eigenvalue weighted by molar-refractivity contribution is 7.99. The van der Waals surface area contributed by atoms with Crippen molar-refractivity contribution in [3.05, 3.63) is 23.8 Å². The van der Waals surface area contributed by atoms with Crippen LogP contribution in [0.25, 0.3) is 0 Å². The average molecular weight is 352 g/mol. The largest absolute Gasteiger partial charge is 0.504 e. The summed E-state index contributed by atoms with van der Waals surface area (Å²) in [6.45, 7) is 5.65. The van der Waals surface area contributed by atoms with Gasteiger partial charge in [0, 0.05) is 17.8 Å². The van der Waals surface area contributed by atoms with Crippen molar-refractivity contribution in [2.75, 3.05) is 19.4 Å². The standard InChI is InChI=1S/C18H29N3O2S/c1-4-19-18(21-14-7-8-15(11-14)24-5-2)20-12-13-6-9-17(23-3)16(22)10-13/h6,9-10,14-15,22H,4-5,7-8,11-12H2,1-3H3,(H2,19,20,21). The Bertz CT molecular complexity index is 551. The van der Waals surface area contributed by atoms with Crippen LogP contribution in [0.15, 0.2) is 23.2 Å². The monoisotopic (exact) mass is 351 g/mol. The number of rotatable bonds is 7. The second kappa shape index (κ2) is 9.67. The minimum Gasteiger partial charge on any atom is -0.504 e. The molecule has 134 valence electrons. The summed E-state index contributed by atoms with van der Waals surface area (Å²) in [6.07, 6.45) is 3.68. The molecule has 0 saturated heterocycles. The molecule has 0 bridgehead atoms. The Morgan fingerprint density at radius 1 is 1.38 bits per heavy atom. The summed E-state index contributed by atoms with van der Waals surface area (Å²) in [5.41, 5.74) is 0.955. The molecule has 1 aliphatic rings. The fraction of sp³-hybridized carbons (Fsp3) is 0.611. The van der Waals surface area contributed by atoms with Gasteiger partial charge in [-0.3, -0.25) is 0 Å². The number of nitrogens with one attached hydrogen (secondary N) is 2. The second-order valence-corrected chi connectivity index (χ2v) is 7.51. The van der Waals surface area contributed by atoms with Crippen LogP contribution in [0.5, 0.6) is 11.5 Å². The van der Waals surface area contributed by atoms with Crippen molar-refractivity contribution < 1.29 is 9.84 Å². The van der Waals surface area contributed by atoms with E-state index in [2.05, 4.69) is 41.2 Å². The van der Waals surface area contributed by atoms with E-state index in [9.17, 15) is 5.11 Å². The molecule has 2 atom stereocenters. The van der Waals surface area contributed by atoms with Crippen molar-refractivity contribution in [2.24, 2.45) is 4.99 Å². The van der Waals surface area contributed by atoms with E-state index >= 15 is 0 Å². The van der Waals surface area contributed by atoms with Crippen LogP contribution >= 0.6 is 11.8 Å². The molecule has 0 radical (unpaired) electrons. The molecule has 0 spiro atoms. The van der Waals surface area contributed by atoms with Crippen LogP contribution in [0.3, 0.4) is 0 Å². The van der Waals surface area contributed by atoms with E-state index in [1.165, 1.54) is 25.0 Å². The first-order valence-corrected chi connectivity index (χ1v) is 9.73. The van der Waals surface area contributed by atoms with Gasteiger partial charge in [0.05, 0.1) is 13.7 Å². The van der Waals surface area contributed by atoms with Gasteiger partial charge in [-0.1, -0.05) is 13.0 Å². The predicted octanol–water partition coefficient (Wildman–Crippen LogP) is 3.13. The summed E-state index contributed by atoms with van der Waals surface area (Å²) in [5.74, 6) is 2.67. The van der Waals surface area contributed by atoms with E-state index in [4.69, 9.17) is 4.74 Å².